The van der Waals surface area contributed by atoms with Gasteiger partial charge in [-0.25, -0.2) is 13.8 Å². The number of halogens is 1. The summed E-state index contributed by atoms with van der Waals surface area (Å²) in [5, 5.41) is 8.53. The SMILES string of the molecule is CCn1c(=O)n(-c2ccc(F)cc2)c(=O)c2c(C)c(-c3ccc(-c4cnnc(C)c4)c(OC)c3)sc21. The largest absolute Gasteiger partial charge is 0.496 e. The summed E-state index contributed by atoms with van der Waals surface area (Å²) in [4.78, 5) is 28.4. The van der Waals surface area contributed by atoms with Gasteiger partial charge >= 0.3 is 5.69 Å². The number of methoxy groups -OCH3 is 1. The Bertz CT molecular complexity index is 1740. The van der Waals surface area contributed by atoms with Crippen LogP contribution in [0.5, 0.6) is 5.75 Å². The molecule has 3 heterocycles. The van der Waals surface area contributed by atoms with E-state index >= 15 is 0 Å². The molecule has 182 valence electrons. The van der Waals surface area contributed by atoms with E-state index in [0.717, 1.165) is 37.4 Å². The van der Waals surface area contributed by atoms with Crippen molar-refractivity contribution >= 4 is 21.6 Å². The van der Waals surface area contributed by atoms with Gasteiger partial charge in [0.1, 0.15) is 16.4 Å². The standard InChI is InChI=1S/C27H23FN4O3S/c1-5-31-26-23(25(33)32(27(31)34)20-9-7-19(28)8-10-20)16(3)24(36-26)17-6-11-21(22(13-17)35-4)18-12-15(2)30-29-14-18/h6-14H,5H2,1-4H3. The van der Waals surface area contributed by atoms with Gasteiger partial charge < -0.3 is 4.74 Å². The minimum absolute atomic E-state index is 0.329. The third kappa shape index (κ3) is 3.81. The fourth-order valence-corrected chi connectivity index (χ4v) is 5.76. The van der Waals surface area contributed by atoms with Crippen LogP contribution in [0.1, 0.15) is 18.2 Å². The van der Waals surface area contributed by atoms with Crippen LogP contribution >= 0.6 is 11.3 Å². The maximum absolute atomic E-state index is 13.6. The number of thiophene rings is 1. The molecule has 0 aliphatic rings. The van der Waals surface area contributed by atoms with Gasteiger partial charge in [0.25, 0.3) is 5.56 Å². The Morgan fingerprint density at radius 1 is 1.03 bits per heavy atom. The lowest BCUT2D eigenvalue weighted by Gasteiger charge is -2.11. The monoisotopic (exact) mass is 502 g/mol. The number of hydrogen-bond donors (Lipinski definition) is 0. The second-order valence-electron chi connectivity index (χ2n) is 8.38. The quantitative estimate of drug-likeness (QED) is 0.333. The van der Waals surface area contributed by atoms with Gasteiger partial charge in [-0.2, -0.15) is 10.2 Å². The van der Waals surface area contributed by atoms with E-state index in [1.807, 2.05) is 45.0 Å². The lowest BCUT2D eigenvalue weighted by molar-refractivity contribution is 0.416. The van der Waals surface area contributed by atoms with Gasteiger partial charge in [-0.05, 0) is 74.4 Å². The summed E-state index contributed by atoms with van der Waals surface area (Å²) in [5.41, 5.74) is 3.66. The highest BCUT2D eigenvalue weighted by Gasteiger charge is 2.22. The predicted molar refractivity (Wildman–Crippen MR) is 140 cm³/mol. The fraction of sp³-hybridized carbons (Fsp3) is 0.185. The fourth-order valence-electron chi connectivity index (χ4n) is 4.41. The molecule has 0 atom stereocenters. The number of nitrogens with zero attached hydrogens (tertiary/aromatic N) is 4. The molecule has 2 aromatic carbocycles. The molecule has 0 bridgehead atoms. The van der Waals surface area contributed by atoms with Crippen molar-refractivity contribution in [2.45, 2.75) is 27.3 Å². The molecule has 7 nitrogen and oxygen atoms in total. The van der Waals surface area contributed by atoms with Crippen LogP contribution in [-0.2, 0) is 6.54 Å². The van der Waals surface area contributed by atoms with Crippen LogP contribution in [0.15, 0.2) is 64.3 Å². The van der Waals surface area contributed by atoms with Crippen LogP contribution < -0.4 is 16.0 Å². The third-order valence-corrected chi connectivity index (χ3v) is 7.53. The van der Waals surface area contributed by atoms with E-state index < -0.39 is 17.1 Å². The molecule has 0 unspecified atom stereocenters. The van der Waals surface area contributed by atoms with Gasteiger partial charge in [-0.15, -0.1) is 11.3 Å². The van der Waals surface area contributed by atoms with E-state index in [1.165, 1.54) is 35.6 Å². The first-order valence-corrected chi connectivity index (χ1v) is 12.2. The summed E-state index contributed by atoms with van der Waals surface area (Å²) >= 11 is 1.40. The van der Waals surface area contributed by atoms with Crippen LogP contribution in [0, 0.1) is 19.7 Å². The molecule has 0 amide bonds. The summed E-state index contributed by atoms with van der Waals surface area (Å²) in [5.74, 6) is 0.223. The minimum Gasteiger partial charge on any atom is -0.496 e. The zero-order valence-corrected chi connectivity index (χ0v) is 21.0. The molecule has 0 N–H and O–H groups in total. The van der Waals surface area contributed by atoms with Crippen LogP contribution in [0.25, 0.3) is 37.5 Å². The van der Waals surface area contributed by atoms with Crippen molar-refractivity contribution in [1.29, 1.82) is 0 Å². The molecule has 0 saturated carbocycles. The van der Waals surface area contributed by atoms with Gasteiger partial charge in [-0.3, -0.25) is 9.36 Å². The molecular weight excluding hydrogens is 479 g/mol. The summed E-state index contributed by atoms with van der Waals surface area (Å²) in [7, 11) is 1.61. The Hall–Kier alpha value is -4.11. The topological polar surface area (TPSA) is 79.0 Å². The van der Waals surface area contributed by atoms with Gasteiger partial charge in [-0.1, -0.05) is 6.07 Å². The molecule has 3 aromatic heterocycles. The molecule has 5 aromatic rings. The molecule has 0 aliphatic carbocycles. The van der Waals surface area contributed by atoms with Crippen molar-refractivity contribution < 1.29 is 9.13 Å². The highest BCUT2D eigenvalue weighted by atomic mass is 32.1. The minimum atomic E-state index is -0.456. The average Bonchev–Trinajstić information content (AvgIpc) is 3.22. The van der Waals surface area contributed by atoms with Gasteiger partial charge in [0.15, 0.2) is 0 Å². The Labute approximate surface area is 210 Å². The molecule has 0 spiro atoms. The zero-order valence-electron chi connectivity index (χ0n) is 20.2. The normalized spacial score (nSPS) is 11.2. The van der Waals surface area contributed by atoms with Crippen molar-refractivity contribution in [2.24, 2.45) is 0 Å². The first-order chi connectivity index (χ1) is 17.3. The Morgan fingerprint density at radius 2 is 1.78 bits per heavy atom. The third-order valence-electron chi connectivity index (χ3n) is 6.16. The number of rotatable bonds is 5. The second kappa shape index (κ2) is 9.16. The van der Waals surface area contributed by atoms with E-state index in [2.05, 4.69) is 10.2 Å². The van der Waals surface area contributed by atoms with Gasteiger partial charge in [0, 0.05) is 22.5 Å². The summed E-state index contributed by atoms with van der Waals surface area (Å²) in [6.45, 7) is 6.00. The molecular formula is C27H23FN4O3S. The number of hydrogen-bond acceptors (Lipinski definition) is 6. The van der Waals surface area contributed by atoms with E-state index in [4.69, 9.17) is 4.74 Å². The van der Waals surface area contributed by atoms with Crippen molar-refractivity contribution in [3.8, 4) is 33.0 Å². The number of aromatic nitrogens is 4. The number of aryl methyl sites for hydroxylation is 3. The van der Waals surface area contributed by atoms with Crippen molar-refractivity contribution in [3.05, 3.63) is 92.6 Å². The predicted octanol–water partition coefficient (Wildman–Crippen LogP) is 5.12. The van der Waals surface area contributed by atoms with Gasteiger partial charge in [0.05, 0.1) is 30.1 Å². The summed E-state index contributed by atoms with van der Waals surface area (Å²) in [6, 6.07) is 13.1. The molecule has 0 saturated heterocycles. The first-order valence-electron chi connectivity index (χ1n) is 11.4. The lowest BCUT2D eigenvalue weighted by Crippen LogP contribution is -2.38. The molecule has 0 aliphatic heterocycles. The summed E-state index contributed by atoms with van der Waals surface area (Å²) in [6.07, 6.45) is 1.69. The second-order valence-corrected chi connectivity index (χ2v) is 9.38. The van der Waals surface area contributed by atoms with Crippen molar-refractivity contribution in [1.82, 2.24) is 19.3 Å². The van der Waals surface area contributed by atoms with Crippen molar-refractivity contribution in [3.63, 3.8) is 0 Å². The Kier molecular flexibility index (Phi) is 6.01. The maximum atomic E-state index is 13.6. The van der Waals surface area contributed by atoms with E-state index in [0.29, 0.717) is 28.2 Å². The Morgan fingerprint density at radius 3 is 2.44 bits per heavy atom. The number of ether oxygens (including phenoxy) is 1. The lowest BCUT2D eigenvalue weighted by atomic mass is 10.0. The van der Waals surface area contributed by atoms with E-state index in [1.54, 1.807) is 17.9 Å². The van der Waals surface area contributed by atoms with E-state index in [-0.39, 0.29) is 0 Å². The highest BCUT2D eigenvalue weighted by Crippen LogP contribution is 2.40. The Balaban J connectivity index is 1.73. The number of fused-ring (bicyclic) bond motifs is 1. The van der Waals surface area contributed by atoms with Crippen LogP contribution in [0.3, 0.4) is 0 Å². The van der Waals surface area contributed by atoms with Gasteiger partial charge in [0.2, 0.25) is 0 Å². The molecule has 0 radical (unpaired) electrons. The molecule has 5 rings (SSSR count). The zero-order chi connectivity index (χ0) is 25.6. The molecule has 36 heavy (non-hydrogen) atoms. The highest BCUT2D eigenvalue weighted by molar-refractivity contribution is 7.22. The van der Waals surface area contributed by atoms with E-state index in [9.17, 15) is 14.0 Å². The summed E-state index contributed by atoms with van der Waals surface area (Å²) < 4.78 is 21.9. The average molecular weight is 503 g/mol. The molecule has 0 fully saturated rings. The number of benzene rings is 2. The van der Waals surface area contributed by atoms with Crippen LogP contribution in [0.2, 0.25) is 0 Å². The van der Waals surface area contributed by atoms with Crippen LogP contribution in [-0.4, -0.2) is 26.4 Å². The maximum Gasteiger partial charge on any atom is 0.336 e. The first kappa shape index (κ1) is 23.6. The van der Waals surface area contributed by atoms with Crippen LogP contribution in [0.4, 0.5) is 4.39 Å². The van der Waals surface area contributed by atoms with Crippen molar-refractivity contribution in [2.75, 3.05) is 7.11 Å². The smallest absolute Gasteiger partial charge is 0.336 e. The molecule has 9 heteroatoms.